The molecule has 0 aliphatic heterocycles. The van der Waals surface area contributed by atoms with Crippen molar-refractivity contribution in [3.63, 3.8) is 0 Å². The van der Waals surface area contributed by atoms with Gasteiger partial charge in [0, 0.05) is 6.42 Å². The van der Waals surface area contributed by atoms with E-state index in [4.69, 9.17) is 10.8 Å². The van der Waals surface area contributed by atoms with Crippen LogP contribution < -0.4 is 5.73 Å². The van der Waals surface area contributed by atoms with Gasteiger partial charge in [-0.2, -0.15) is 0 Å². The van der Waals surface area contributed by atoms with Crippen molar-refractivity contribution in [3.05, 3.63) is 0 Å². The van der Waals surface area contributed by atoms with Crippen molar-refractivity contribution < 1.29 is 19.4 Å². The lowest BCUT2D eigenvalue weighted by Gasteiger charge is -2.00. The molecule has 0 saturated carbocycles. The zero-order valence-corrected chi connectivity index (χ0v) is 6.78. The van der Waals surface area contributed by atoms with E-state index in [0.29, 0.717) is 0 Å². The van der Waals surface area contributed by atoms with Gasteiger partial charge in [-0.25, -0.2) is 0 Å². The number of esters is 1. The van der Waals surface area contributed by atoms with E-state index in [0.717, 1.165) is 0 Å². The van der Waals surface area contributed by atoms with Gasteiger partial charge < -0.3 is 15.6 Å². The topological polar surface area (TPSA) is 89.6 Å². The van der Waals surface area contributed by atoms with Crippen LogP contribution in [-0.4, -0.2) is 36.6 Å². The predicted molar refractivity (Wildman–Crippen MR) is 41.3 cm³/mol. The minimum absolute atomic E-state index is 0.0182. The maximum atomic E-state index is 10.7. The first-order valence-electron chi connectivity index (χ1n) is 3.69. The van der Waals surface area contributed by atoms with Gasteiger partial charge in [-0.05, 0) is 0 Å². The molecule has 0 aliphatic carbocycles. The summed E-state index contributed by atoms with van der Waals surface area (Å²) < 4.78 is 4.50. The minimum atomic E-state index is -0.481. The van der Waals surface area contributed by atoms with Crippen LogP contribution in [-0.2, 0) is 14.3 Å². The van der Waals surface area contributed by atoms with Gasteiger partial charge in [-0.1, -0.05) is 0 Å². The van der Waals surface area contributed by atoms with Crippen LogP contribution in [0, 0.1) is 0 Å². The van der Waals surface area contributed by atoms with Crippen LogP contribution in [0.25, 0.3) is 0 Å². The fourth-order valence-electron chi connectivity index (χ4n) is 0.575. The molecule has 0 heterocycles. The second-order valence-electron chi connectivity index (χ2n) is 2.19. The summed E-state index contributed by atoms with van der Waals surface area (Å²) in [6.45, 7) is -0.264. The number of carbonyl (C=O) groups is 2. The molecule has 5 heteroatoms. The molecule has 0 rings (SSSR count). The second-order valence-corrected chi connectivity index (χ2v) is 2.19. The smallest absolute Gasteiger partial charge is 0.306 e. The average Bonchev–Trinajstić information content (AvgIpc) is 2.10. The van der Waals surface area contributed by atoms with E-state index in [1.807, 2.05) is 0 Å². The van der Waals surface area contributed by atoms with Gasteiger partial charge in [0.05, 0.1) is 19.6 Å². The van der Waals surface area contributed by atoms with Crippen molar-refractivity contribution in [2.75, 3.05) is 19.8 Å². The summed E-state index contributed by atoms with van der Waals surface area (Å²) in [5, 5.41) is 8.27. The molecule has 0 unspecified atom stereocenters. The fourth-order valence-corrected chi connectivity index (χ4v) is 0.575. The Morgan fingerprint density at radius 3 is 2.50 bits per heavy atom. The molecule has 12 heavy (non-hydrogen) atoms. The van der Waals surface area contributed by atoms with Crippen LogP contribution in [0.4, 0.5) is 0 Å². The maximum absolute atomic E-state index is 10.7. The number of hydrogen-bond acceptors (Lipinski definition) is 5. The van der Waals surface area contributed by atoms with Crippen LogP contribution in [0.5, 0.6) is 0 Å². The third-order valence-corrected chi connectivity index (χ3v) is 1.19. The highest BCUT2D eigenvalue weighted by Gasteiger charge is 2.05. The second kappa shape index (κ2) is 6.75. The number of aliphatic hydroxyl groups is 1. The Morgan fingerprint density at radius 2 is 2.00 bits per heavy atom. The Kier molecular flexibility index (Phi) is 6.22. The van der Waals surface area contributed by atoms with Gasteiger partial charge in [0.15, 0.2) is 0 Å². The van der Waals surface area contributed by atoms with Crippen molar-refractivity contribution in [2.45, 2.75) is 12.8 Å². The number of Topliss-reactive ketones (excluding diaryl/α,β-unsaturated/α-hetero) is 1. The molecule has 0 aliphatic rings. The van der Waals surface area contributed by atoms with Crippen molar-refractivity contribution >= 4 is 11.8 Å². The molecule has 0 aromatic heterocycles. The van der Waals surface area contributed by atoms with E-state index in [1.54, 1.807) is 0 Å². The van der Waals surface area contributed by atoms with E-state index in [-0.39, 0.29) is 38.4 Å². The first kappa shape index (κ1) is 11.1. The van der Waals surface area contributed by atoms with Gasteiger partial charge in [0.25, 0.3) is 0 Å². The Balaban J connectivity index is 3.37. The number of ether oxygens (including phenoxy) is 1. The van der Waals surface area contributed by atoms with Gasteiger partial charge >= 0.3 is 5.97 Å². The third kappa shape index (κ3) is 5.82. The van der Waals surface area contributed by atoms with E-state index in [1.165, 1.54) is 0 Å². The number of carbonyl (C=O) groups excluding carboxylic acids is 2. The number of aliphatic hydroxyl groups excluding tert-OH is 1. The molecule has 70 valence electrons. The third-order valence-electron chi connectivity index (χ3n) is 1.19. The van der Waals surface area contributed by atoms with Crippen molar-refractivity contribution in [1.82, 2.24) is 0 Å². The summed E-state index contributed by atoms with van der Waals surface area (Å²) >= 11 is 0. The highest BCUT2D eigenvalue weighted by molar-refractivity contribution is 5.84. The van der Waals surface area contributed by atoms with Crippen molar-refractivity contribution in [1.29, 1.82) is 0 Å². The molecule has 0 bridgehead atoms. The SMILES string of the molecule is NCC(=O)CCC(=O)OCCO. The molecule has 0 fully saturated rings. The van der Waals surface area contributed by atoms with Crippen molar-refractivity contribution in [2.24, 2.45) is 5.73 Å². The maximum Gasteiger partial charge on any atom is 0.306 e. The molecule has 0 spiro atoms. The van der Waals surface area contributed by atoms with E-state index in [2.05, 4.69) is 4.74 Å². The zero-order chi connectivity index (χ0) is 9.40. The summed E-state index contributed by atoms with van der Waals surface area (Å²) in [4.78, 5) is 21.3. The minimum Gasteiger partial charge on any atom is -0.463 e. The molecule has 0 radical (unpaired) electrons. The van der Waals surface area contributed by atoms with E-state index >= 15 is 0 Å². The highest BCUT2D eigenvalue weighted by atomic mass is 16.5. The van der Waals surface area contributed by atoms with Crippen LogP contribution >= 0.6 is 0 Å². The molecule has 0 atom stereocenters. The van der Waals surface area contributed by atoms with Gasteiger partial charge in [-0.15, -0.1) is 0 Å². The summed E-state index contributed by atoms with van der Waals surface area (Å²) in [7, 11) is 0. The first-order valence-corrected chi connectivity index (χ1v) is 3.69. The summed E-state index contributed by atoms with van der Waals surface area (Å²) in [6.07, 6.45) is 0.150. The summed E-state index contributed by atoms with van der Waals surface area (Å²) in [6, 6.07) is 0. The predicted octanol–water partition coefficient (Wildman–Crippen LogP) is -1.17. The molecule has 0 saturated heterocycles. The molecule has 0 aromatic rings. The number of rotatable bonds is 6. The molecule has 3 N–H and O–H groups in total. The Bertz CT molecular complexity index is 157. The van der Waals surface area contributed by atoms with E-state index in [9.17, 15) is 9.59 Å². The Morgan fingerprint density at radius 1 is 1.33 bits per heavy atom. The number of nitrogens with two attached hydrogens (primary N) is 1. The van der Waals surface area contributed by atoms with Crippen LogP contribution in [0.2, 0.25) is 0 Å². The zero-order valence-electron chi connectivity index (χ0n) is 6.78. The van der Waals surface area contributed by atoms with Gasteiger partial charge in [0.2, 0.25) is 0 Å². The van der Waals surface area contributed by atoms with E-state index < -0.39 is 5.97 Å². The molecular formula is C7H13NO4. The van der Waals surface area contributed by atoms with Crippen LogP contribution in [0.1, 0.15) is 12.8 Å². The lowest BCUT2D eigenvalue weighted by molar-refractivity contribution is -0.145. The Labute approximate surface area is 70.5 Å². The lowest BCUT2D eigenvalue weighted by Crippen LogP contribution is -2.16. The van der Waals surface area contributed by atoms with Gasteiger partial charge in [-0.3, -0.25) is 9.59 Å². The molecular weight excluding hydrogens is 162 g/mol. The van der Waals surface area contributed by atoms with Crippen LogP contribution in [0.15, 0.2) is 0 Å². The highest BCUT2D eigenvalue weighted by Crippen LogP contribution is 1.92. The molecule has 5 nitrogen and oxygen atoms in total. The number of hydrogen-bond donors (Lipinski definition) is 2. The quantitative estimate of drug-likeness (QED) is 0.496. The Hall–Kier alpha value is -0.940. The summed E-state index contributed by atoms with van der Waals surface area (Å²) in [5.41, 5.74) is 5.02. The normalized spacial score (nSPS) is 9.50. The van der Waals surface area contributed by atoms with Crippen LogP contribution in [0.3, 0.4) is 0 Å². The van der Waals surface area contributed by atoms with Crippen molar-refractivity contribution in [3.8, 4) is 0 Å². The lowest BCUT2D eigenvalue weighted by atomic mass is 10.2. The summed E-state index contributed by atoms with van der Waals surface area (Å²) in [5.74, 6) is -0.651. The first-order chi connectivity index (χ1) is 5.70. The number of ketones is 1. The monoisotopic (exact) mass is 175 g/mol. The van der Waals surface area contributed by atoms with Gasteiger partial charge in [0.1, 0.15) is 12.4 Å². The average molecular weight is 175 g/mol. The molecule has 0 amide bonds. The standard InChI is InChI=1S/C7H13NO4/c8-5-6(10)1-2-7(11)12-4-3-9/h9H,1-5,8H2. The largest absolute Gasteiger partial charge is 0.463 e. The molecule has 0 aromatic carbocycles. The fraction of sp³-hybridized carbons (Fsp3) is 0.714.